The number of benzene rings is 2. The lowest BCUT2D eigenvalue weighted by Crippen LogP contribution is -2.26. The molecule has 5 nitrogen and oxygen atoms in total. The molecule has 0 aliphatic heterocycles. The Morgan fingerprint density at radius 1 is 1.04 bits per heavy atom. The summed E-state index contributed by atoms with van der Waals surface area (Å²) in [7, 11) is 1.77. The molecule has 2 aromatic carbocycles. The third kappa shape index (κ3) is 4.59. The molecule has 1 amide bonds. The van der Waals surface area contributed by atoms with Crippen molar-refractivity contribution in [1.82, 2.24) is 4.90 Å². The van der Waals surface area contributed by atoms with Gasteiger partial charge in [0.25, 0.3) is 5.91 Å². The van der Waals surface area contributed by atoms with Crippen LogP contribution in [0.3, 0.4) is 0 Å². The van der Waals surface area contributed by atoms with Crippen LogP contribution in [0.1, 0.15) is 32.6 Å². The van der Waals surface area contributed by atoms with E-state index in [1.54, 1.807) is 24.1 Å². The summed E-state index contributed by atoms with van der Waals surface area (Å²) in [4.78, 5) is 25.1. The molecule has 0 atom stereocenters. The minimum absolute atomic E-state index is 0.0840. The zero-order chi connectivity index (χ0) is 18.6. The fourth-order valence-electron chi connectivity index (χ4n) is 2.77. The predicted octanol–water partition coefficient (Wildman–Crippen LogP) is 3.35. The van der Waals surface area contributed by atoms with Gasteiger partial charge in [-0.05, 0) is 55.2 Å². The first-order valence-corrected chi connectivity index (χ1v) is 8.05. The monoisotopic (exact) mass is 341 g/mol. The van der Waals surface area contributed by atoms with E-state index < -0.39 is 12.6 Å². The van der Waals surface area contributed by atoms with Gasteiger partial charge >= 0.3 is 5.97 Å². The van der Waals surface area contributed by atoms with Gasteiger partial charge in [0.05, 0.1) is 0 Å². The summed E-state index contributed by atoms with van der Waals surface area (Å²) in [6.45, 7) is 5.77. The highest BCUT2D eigenvalue weighted by Crippen LogP contribution is 2.25. The van der Waals surface area contributed by atoms with Crippen molar-refractivity contribution < 1.29 is 19.4 Å². The number of aryl methyl sites for hydroxylation is 3. The van der Waals surface area contributed by atoms with Crippen LogP contribution in [0, 0.1) is 20.8 Å². The molecule has 5 heteroatoms. The maximum atomic E-state index is 12.7. The summed E-state index contributed by atoms with van der Waals surface area (Å²) in [5.74, 6) is -0.600. The van der Waals surface area contributed by atoms with Crippen LogP contribution in [-0.4, -0.2) is 35.5 Å². The maximum absolute atomic E-state index is 12.7. The Morgan fingerprint density at radius 3 is 2.20 bits per heavy atom. The van der Waals surface area contributed by atoms with Gasteiger partial charge in [0, 0.05) is 19.2 Å². The topological polar surface area (TPSA) is 66.8 Å². The van der Waals surface area contributed by atoms with Gasteiger partial charge < -0.3 is 14.7 Å². The molecule has 1 N–H and O–H groups in total. The number of hydrogen-bond donors (Lipinski definition) is 1. The van der Waals surface area contributed by atoms with Crippen LogP contribution in [-0.2, 0) is 11.3 Å². The highest BCUT2D eigenvalue weighted by molar-refractivity contribution is 5.94. The first kappa shape index (κ1) is 18.5. The molecule has 0 fully saturated rings. The van der Waals surface area contributed by atoms with E-state index in [1.807, 2.05) is 45.0 Å². The number of aliphatic carboxylic acids is 1. The fourth-order valence-corrected chi connectivity index (χ4v) is 2.77. The highest BCUT2D eigenvalue weighted by Gasteiger charge is 2.16. The second-order valence-corrected chi connectivity index (χ2v) is 6.21. The van der Waals surface area contributed by atoms with E-state index >= 15 is 0 Å². The Balaban J connectivity index is 2.18. The Labute approximate surface area is 147 Å². The Kier molecular flexibility index (Phi) is 5.80. The number of carboxylic acids is 1. The summed E-state index contributed by atoms with van der Waals surface area (Å²) in [6, 6.07) is 11.4. The van der Waals surface area contributed by atoms with Gasteiger partial charge in [0.15, 0.2) is 6.61 Å². The Morgan fingerprint density at radius 2 is 1.64 bits per heavy atom. The van der Waals surface area contributed by atoms with Gasteiger partial charge in [-0.25, -0.2) is 4.79 Å². The molecule has 0 aromatic heterocycles. The lowest BCUT2D eigenvalue weighted by molar-refractivity contribution is -0.139. The third-order valence-corrected chi connectivity index (χ3v) is 4.06. The van der Waals surface area contributed by atoms with Gasteiger partial charge in [-0.2, -0.15) is 0 Å². The molecule has 2 rings (SSSR count). The average Bonchev–Trinajstić information content (AvgIpc) is 2.55. The number of hydrogen-bond acceptors (Lipinski definition) is 3. The lowest BCUT2D eigenvalue weighted by Gasteiger charge is -2.20. The zero-order valence-corrected chi connectivity index (χ0v) is 15.0. The molecule has 0 aliphatic carbocycles. The van der Waals surface area contributed by atoms with Crippen molar-refractivity contribution in [2.75, 3.05) is 13.7 Å². The number of carbonyl (C=O) groups is 2. The van der Waals surface area contributed by atoms with Crippen LogP contribution < -0.4 is 4.74 Å². The van der Waals surface area contributed by atoms with Crippen molar-refractivity contribution in [1.29, 1.82) is 0 Å². The van der Waals surface area contributed by atoms with E-state index in [4.69, 9.17) is 9.84 Å². The SMILES string of the molecule is Cc1ccccc1CN(C)C(=O)c1cc(C)c(OCC(=O)O)c(C)c1. The Bertz CT molecular complexity index is 775. The van der Waals surface area contributed by atoms with E-state index in [-0.39, 0.29) is 5.91 Å². The molecular weight excluding hydrogens is 318 g/mol. The fraction of sp³-hybridized carbons (Fsp3) is 0.300. The predicted molar refractivity (Wildman–Crippen MR) is 96.0 cm³/mol. The third-order valence-electron chi connectivity index (χ3n) is 4.06. The molecule has 0 spiro atoms. The Hall–Kier alpha value is -2.82. The van der Waals surface area contributed by atoms with Crippen LogP contribution in [0.2, 0.25) is 0 Å². The second-order valence-electron chi connectivity index (χ2n) is 6.21. The smallest absolute Gasteiger partial charge is 0.341 e. The molecular formula is C20H23NO4. The number of rotatable bonds is 6. The highest BCUT2D eigenvalue weighted by atomic mass is 16.5. The van der Waals surface area contributed by atoms with Crippen LogP contribution in [0.5, 0.6) is 5.75 Å². The molecule has 0 bridgehead atoms. The van der Waals surface area contributed by atoms with Crippen molar-refractivity contribution in [2.45, 2.75) is 27.3 Å². The molecule has 0 radical (unpaired) electrons. The normalized spacial score (nSPS) is 10.4. The number of nitrogens with zero attached hydrogens (tertiary/aromatic N) is 1. The summed E-state index contributed by atoms with van der Waals surface area (Å²) in [5.41, 5.74) is 4.30. The molecule has 0 unspecified atom stereocenters. The lowest BCUT2D eigenvalue weighted by atomic mass is 10.0. The van der Waals surface area contributed by atoms with Crippen molar-refractivity contribution in [3.05, 3.63) is 64.2 Å². The maximum Gasteiger partial charge on any atom is 0.341 e. The minimum Gasteiger partial charge on any atom is -0.481 e. The number of carboxylic acid groups (broad SMARTS) is 1. The van der Waals surface area contributed by atoms with E-state index in [0.29, 0.717) is 17.9 Å². The van der Waals surface area contributed by atoms with Crippen LogP contribution in [0.15, 0.2) is 36.4 Å². The van der Waals surface area contributed by atoms with E-state index in [2.05, 4.69) is 0 Å². The molecule has 0 saturated heterocycles. The van der Waals surface area contributed by atoms with E-state index in [9.17, 15) is 9.59 Å². The standard InChI is InChI=1S/C20H23NO4/c1-13-7-5-6-8-16(13)11-21(4)20(24)17-9-14(2)19(15(3)10-17)25-12-18(22)23/h5-10H,11-12H2,1-4H3,(H,22,23). The summed E-state index contributed by atoms with van der Waals surface area (Å²) >= 11 is 0. The van der Waals surface area contributed by atoms with Crippen LogP contribution in [0.25, 0.3) is 0 Å². The van der Waals surface area contributed by atoms with Crippen LogP contribution in [0.4, 0.5) is 0 Å². The van der Waals surface area contributed by atoms with Gasteiger partial charge in [0.1, 0.15) is 5.75 Å². The van der Waals surface area contributed by atoms with Gasteiger partial charge in [-0.15, -0.1) is 0 Å². The number of amides is 1. The van der Waals surface area contributed by atoms with Gasteiger partial charge in [0.2, 0.25) is 0 Å². The molecule has 0 aliphatic rings. The van der Waals surface area contributed by atoms with E-state index in [1.165, 1.54) is 0 Å². The van der Waals surface area contributed by atoms with Crippen molar-refractivity contribution in [3.8, 4) is 5.75 Å². The van der Waals surface area contributed by atoms with Crippen molar-refractivity contribution in [2.24, 2.45) is 0 Å². The second kappa shape index (κ2) is 7.83. The molecule has 132 valence electrons. The van der Waals surface area contributed by atoms with Crippen molar-refractivity contribution in [3.63, 3.8) is 0 Å². The van der Waals surface area contributed by atoms with Gasteiger partial charge in [-0.3, -0.25) is 4.79 Å². The zero-order valence-electron chi connectivity index (χ0n) is 15.0. The molecule has 25 heavy (non-hydrogen) atoms. The first-order valence-electron chi connectivity index (χ1n) is 8.05. The first-order chi connectivity index (χ1) is 11.8. The number of ether oxygens (including phenoxy) is 1. The van der Waals surface area contributed by atoms with E-state index in [0.717, 1.165) is 22.3 Å². The number of carbonyl (C=O) groups excluding carboxylic acids is 1. The van der Waals surface area contributed by atoms with Crippen LogP contribution >= 0.6 is 0 Å². The quantitative estimate of drug-likeness (QED) is 0.875. The summed E-state index contributed by atoms with van der Waals surface area (Å²) < 4.78 is 5.31. The minimum atomic E-state index is -1.03. The molecule has 2 aromatic rings. The van der Waals surface area contributed by atoms with Gasteiger partial charge in [-0.1, -0.05) is 24.3 Å². The van der Waals surface area contributed by atoms with Crippen molar-refractivity contribution >= 4 is 11.9 Å². The largest absolute Gasteiger partial charge is 0.481 e. The average molecular weight is 341 g/mol. The summed E-state index contributed by atoms with van der Waals surface area (Å²) in [6.07, 6.45) is 0. The molecule has 0 heterocycles. The molecule has 0 saturated carbocycles. The summed E-state index contributed by atoms with van der Waals surface area (Å²) in [5, 5.41) is 8.75.